The fourth-order valence-corrected chi connectivity index (χ4v) is 2.27. The molecule has 3 N–H and O–H groups in total. The molecule has 0 aromatic heterocycles. The van der Waals surface area contributed by atoms with E-state index in [9.17, 15) is 9.59 Å². The molecule has 0 heterocycles. The minimum atomic E-state index is -0.540. The predicted octanol–water partition coefficient (Wildman–Crippen LogP) is 2.62. The molecule has 0 aliphatic rings. The standard InChI is InChI=1S/C17H16ClN3O2/c1-11(22)21-15-8-7-13(18)9-14(15)17(20-10-16(19)23)12-5-3-2-4-6-12/h2-9H,10H2,1H3,(H2,19,23)(H,21,22). The van der Waals surface area contributed by atoms with Crippen molar-refractivity contribution in [2.45, 2.75) is 6.92 Å². The number of hydrogen-bond acceptors (Lipinski definition) is 3. The monoisotopic (exact) mass is 329 g/mol. The van der Waals surface area contributed by atoms with Gasteiger partial charge in [0.1, 0.15) is 6.54 Å². The number of amides is 2. The zero-order valence-corrected chi connectivity index (χ0v) is 13.3. The molecular formula is C17H16ClN3O2. The molecule has 0 aliphatic carbocycles. The molecule has 0 saturated carbocycles. The fraction of sp³-hybridized carbons (Fsp3) is 0.118. The maximum Gasteiger partial charge on any atom is 0.239 e. The number of rotatable bonds is 5. The number of nitrogens with one attached hydrogen (secondary N) is 1. The molecule has 6 heteroatoms. The van der Waals surface area contributed by atoms with Crippen LogP contribution < -0.4 is 11.1 Å². The van der Waals surface area contributed by atoms with Gasteiger partial charge in [0, 0.05) is 23.1 Å². The van der Waals surface area contributed by atoms with E-state index in [0.717, 1.165) is 5.56 Å². The highest BCUT2D eigenvalue weighted by Gasteiger charge is 2.14. The number of hydrogen-bond donors (Lipinski definition) is 2. The number of aliphatic imine (C=N–C) groups is 1. The lowest BCUT2D eigenvalue weighted by Gasteiger charge is -2.13. The second-order valence-corrected chi connectivity index (χ2v) is 5.30. The smallest absolute Gasteiger partial charge is 0.239 e. The summed E-state index contributed by atoms with van der Waals surface area (Å²) in [7, 11) is 0. The van der Waals surface area contributed by atoms with Gasteiger partial charge in [0.25, 0.3) is 0 Å². The highest BCUT2D eigenvalue weighted by atomic mass is 35.5. The van der Waals surface area contributed by atoms with E-state index in [-0.39, 0.29) is 12.5 Å². The van der Waals surface area contributed by atoms with E-state index < -0.39 is 5.91 Å². The first kappa shape index (κ1) is 16.7. The first-order chi connectivity index (χ1) is 11.0. The minimum absolute atomic E-state index is 0.156. The van der Waals surface area contributed by atoms with Crippen LogP contribution in [0.3, 0.4) is 0 Å². The van der Waals surface area contributed by atoms with Crippen LogP contribution in [0.1, 0.15) is 18.1 Å². The molecule has 0 atom stereocenters. The highest BCUT2D eigenvalue weighted by Crippen LogP contribution is 2.24. The van der Waals surface area contributed by atoms with Crippen molar-refractivity contribution in [1.82, 2.24) is 0 Å². The quantitative estimate of drug-likeness (QED) is 0.826. The summed E-state index contributed by atoms with van der Waals surface area (Å²) in [4.78, 5) is 26.8. The third-order valence-electron chi connectivity index (χ3n) is 2.99. The first-order valence-corrected chi connectivity index (χ1v) is 7.31. The van der Waals surface area contributed by atoms with Gasteiger partial charge in [0.05, 0.1) is 11.4 Å². The number of nitrogens with two attached hydrogens (primary N) is 1. The molecule has 0 spiro atoms. The van der Waals surface area contributed by atoms with Gasteiger partial charge in [-0.2, -0.15) is 0 Å². The normalized spacial score (nSPS) is 11.1. The summed E-state index contributed by atoms with van der Waals surface area (Å²) in [6.45, 7) is 1.26. The summed E-state index contributed by atoms with van der Waals surface area (Å²) < 4.78 is 0. The Hall–Kier alpha value is -2.66. The lowest BCUT2D eigenvalue weighted by molar-refractivity contribution is -0.116. The molecule has 0 fully saturated rings. The summed E-state index contributed by atoms with van der Waals surface area (Å²) in [5.74, 6) is -0.752. The average Bonchev–Trinajstić information content (AvgIpc) is 2.50. The topological polar surface area (TPSA) is 84.6 Å². The van der Waals surface area contributed by atoms with Gasteiger partial charge in [-0.1, -0.05) is 41.9 Å². The summed E-state index contributed by atoms with van der Waals surface area (Å²) in [6, 6.07) is 14.4. The van der Waals surface area contributed by atoms with Crippen molar-refractivity contribution < 1.29 is 9.59 Å². The molecule has 2 amide bonds. The number of carbonyl (C=O) groups is 2. The van der Waals surface area contributed by atoms with E-state index in [1.54, 1.807) is 18.2 Å². The Labute approximate surface area is 139 Å². The van der Waals surface area contributed by atoms with Gasteiger partial charge < -0.3 is 11.1 Å². The van der Waals surface area contributed by atoms with Crippen LogP contribution in [0, 0.1) is 0 Å². The molecule has 118 valence electrons. The molecule has 2 aromatic rings. The molecule has 2 aromatic carbocycles. The molecule has 0 bridgehead atoms. The third kappa shape index (κ3) is 4.66. The Balaban J connectivity index is 2.59. The van der Waals surface area contributed by atoms with E-state index in [1.165, 1.54) is 6.92 Å². The van der Waals surface area contributed by atoms with Crippen molar-refractivity contribution in [2.24, 2.45) is 10.7 Å². The molecule has 5 nitrogen and oxygen atoms in total. The van der Waals surface area contributed by atoms with Crippen molar-refractivity contribution in [3.63, 3.8) is 0 Å². The van der Waals surface area contributed by atoms with Gasteiger partial charge in [0.2, 0.25) is 11.8 Å². The van der Waals surface area contributed by atoms with Gasteiger partial charge in [-0.05, 0) is 18.2 Å². The third-order valence-corrected chi connectivity index (χ3v) is 3.22. The average molecular weight is 330 g/mol. The van der Waals surface area contributed by atoms with E-state index in [1.807, 2.05) is 30.3 Å². The number of carbonyl (C=O) groups excluding carboxylic acids is 2. The van der Waals surface area contributed by atoms with Crippen molar-refractivity contribution in [1.29, 1.82) is 0 Å². The van der Waals surface area contributed by atoms with Crippen LogP contribution >= 0.6 is 11.6 Å². The zero-order valence-electron chi connectivity index (χ0n) is 12.5. The zero-order chi connectivity index (χ0) is 16.8. The maximum atomic E-state index is 11.4. The lowest BCUT2D eigenvalue weighted by atomic mass is 10.0. The first-order valence-electron chi connectivity index (χ1n) is 6.93. The van der Waals surface area contributed by atoms with Gasteiger partial charge in [-0.3, -0.25) is 14.6 Å². The van der Waals surface area contributed by atoms with E-state index in [4.69, 9.17) is 17.3 Å². The summed E-state index contributed by atoms with van der Waals surface area (Å²) in [6.07, 6.45) is 0. The molecule has 0 aliphatic heterocycles. The van der Waals surface area contributed by atoms with Crippen LogP contribution in [0.15, 0.2) is 53.5 Å². The maximum absolute atomic E-state index is 11.4. The summed E-state index contributed by atoms with van der Waals surface area (Å²) >= 11 is 6.09. The van der Waals surface area contributed by atoms with Crippen molar-refractivity contribution in [3.05, 3.63) is 64.7 Å². The van der Waals surface area contributed by atoms with Crippen molar-refractivity contribution >= 4 is 34.8 Å². The summed E-state index contributed by atoms with van der Waals surface area (Å²) in [5.41, 5.74) is 7.72. The Bertz CT molecular complexity index is 758. The number of benzene rings is 2. The molecule has 0 radical (unpaired) electrons. The minimum Gasteiger partial charge on any atom is -0.368 e. The molecule has 23 heavy (non-hydrogen) atoms. The van der Waals surface area contributed by atoms with Crippen LogP contribution in [0.2, 0.25) is 5.02 Å². The van der Waals surface area contributed by atoms with Crippen LogP contribution in [0.5, 0.6) is 0 Å². The van der Waals surface area contributed by atoms with Crippen LogP contribution in [-0.2, 0) is 9.59 Å². The van der Waals surface area contributed by atoms with Crippen LogP contribution in [0.4, 0.5) is 5.69 Å². The summed E-state index contributed by atoms with van der Waals surface area (Å²) in [5, 5.41) is 3.24. The van der Waals surface area contributed by atoms with Crippen molar-refractivity contribution in [3.8, 4) is 0 Å². The second-order valence-electron chi connectivity index (χ2n) is 4.87. The van der Waals surface area contributed by atoms with E-state index in [0.29, 0.717) is 22.0 Å². The van der Waals surface area contributed by atoms with Gasteiger partial charge in [-0.15, -0.1) is 0 Å². The SMILES string of the molecule is CC(=O)Nc1ccc(Cl)cc1C(=NCC(N)=O)c1ccccc1. The molecule has 0 saturated heterocycles. The molecule has 0 unspecified atom stereocenters. The highest BCUT2D eigenvalue weighted by molar-refractivity contribution is 6.31. The number of nitrogens with zero attached hydrogens (tertiary/aromatic N) is 1. The lowest BCUT2D eigenvalue weighted by Crippen LogP contribution is -2.17. The van der Waals surface area contributed by atoms with Crippen LogP contribution in [0.25, 0.3) is 0 Å². The van der Waals surface area contributed by atoms with Gasteiger partial charge in [-0.25, -0.2) is 0 Å². The Kier molecular flexibility index (Phi) is 5.49. The number of halogens is 1. The largest absolute Gasteiger partial charge is 0.368 e. The number of anilines is 1. The fourth-order valence-electron chi connectivity index (χ4n) is 2.10. The predicted molar refractivity (Wildman–Crippen MR) is 91.9 cm³/mol. The Morgan fingerprint density at radius 3 is 2.48 bits per heavy atom. The molecular weight excluding hydrogens is 314 g/mol. The van der Waals surface area contributed by atoms with Gasteiger partial charge >= 0.3 is 0 Å². The van der Waals surface area contributed by atoms with E-state index in [2.05, 4.69) is 10.3 Å². The van der Waals surface area contributed by atoms with Gasteiger partial charge in [0.15, 0.2) is 0 Å². The van der Waals surface area contributed by atoms with Crippen LogP contribution in [-0.4, -0.2) is 24.1 Å². The van der Waals surface area contributed by atoms with Crippen molar-refractivity contribution in [2.75, 3.05) is 11.9 Å². The van der Waals surface area contributed by atoms with E-state index >= 15 is 0 Å². The Morgan fingerprint density at radius 2 is 1.87 bits per heavy atom. The second kappa shape index (κ2) is 7.56. The molecule has 2 rings (SSSR count). The number of primary amides is 1. The Morgan fingerprint density at radius 1 is 1.17 bits per heavy atom.